The molecule has 1 N–H and O–H groups in total. The van der Waals surface area contributed by atoms with E-state index < -0.39 is 0 Å². The number of nitrogens with zero attached hydrogens (tertiary/aromatic N) is 6. The quantitative estimate of drug-likeness (QED) is 0.283. The van der Waals surface area contributed by atoms with Crippen LogP contribution in [0.15, 0.2) is 77.6 Å². The van der Waals surface area contributed by atoms with Crippen LogP contribution in [-0.4, -0.2) is 69.2 Å². The van der Waals surface area contributed by atoms with Crippen molar-refractivity contribution >= 4 is 39.9 Å². The van der Waals surface area contributed by atoms with Crippen molar-refractivity contribution in [3.63, 3.8) is 0 Å². The highest BCUT2D eigenvalue weighted by Gasteiger charge is 2.20. The SMILES string of the molecule is Cc1ccc(Cl)cc1N1CCN(CCNC(=O)CCc2nnc3n(Cc4ccccc4)c(=O)c4ccccc4n23)CC1. The monoisotopic (exact) mass is 583 g/mol. The van der Waals surface area contributed by atoms with Gasteiger partial charge in [0.25, 0.3) is 5.56 Å². The summed E-state index contributed by atoms with van der Waals surface area (Å²) in [6, 6.07) is 23.3. The summed E-state index contributed by atoms with van der Waals surface area (Å²) >= 11 is 6.22. The lowest BCUT2D eigenvalue weighted by Gasteiger charge is -2.36. The number of fused-ring (bicyclic) bond motifs is 3. The number of carbonyl (C=O) groups excluding carboxylic acids is 1. The van der Waals surface area contributed by atoms with Crippen LogP contribution < -0.4 is 15.8 Å². The first kappa shape index (κ1) is 27.9. The van der Waals surface area contributed by atoms with Crippen LogP contribution in [0.2, 0.25) is 5.02 Å². The number of aryl methyl sites for hydroxylation is 2. The van der Waals surface area contributed by atoms with E-state index in [2.05, 4.69) is 38.3 Å². The second-order valence-corrected chi connectivity index (χ2v) is 11.2. The zero-order chi connectivity index (χ0) is 29.1. The molecule has 0 radical (unpaired) electrons. The van der Waals surface area contributed by atoms with E-state index in [1.807, 2.05) is 71.1 Å². The molecule has 0 aliphatic carbocycles. The smallest absolute Gasteiger partial charge is 0.263 e. The number of nitrogens with one attached hydrogen (secondary N) is 1. The highest BCUT2D eigenvalue weighted by atomic mass is 35.5. The van der Waals surface area contributed by atoms with E-state index >= 15 is 0 Å². The zero-order valence-electron chi connectivity index (χ0n) is 23.7. The fraction of sp³-hybridized carbons (Fsp3) is 0.312. The lowest BCUT2D eigenvalue weighted by molar-refractivity contribution is -0.121. The minimum atomic E-state index is -0.109. The molecule has 216 valence electrons. The number of aromatic nitrogens is 4. The molecule has 9 nitrogen and oxygen atoms in total. The minimum Gasteiger partial charge on any atom is -0.369 e. The fourth-order valence-corrected chi connectivity index (χ4v) is 5.85. The molecule has 2 aromatic heterocycles. The molecular formula is C32H34ClN7O2. The Morgan fingerprint density at radius 3 is 2.52 bits per heavy atom. The maximum atomic E-state index is 13.4. The lowest BCUT2D eigenvalue weighted by atomic mass is 10.1. The molecule has 1 saturated heterocycles. The summed E-state index contributed by atoms with van der Waals surface area (Å²) in [5.74, 6) is 1.11. The van der Waals surface area contributed by atoms with Gasteiger partial charge in [-0.3, -0.25) is 23.5 Å². The maximum Gasteiger partial charge on any atom is 0.263 e. The van der Waals surface area contributed by atoms with Gasteiger partial charge in [0.05, 0.1) is 17.4 Å². The van der Waals surface area contributed by atoms with Crippen LogP contribution >= 0.6 is 11.6 Å². The van der Waals surface area contributed by atoms with E-state index in [9.17, 15) is 9.59 Å². The first-order valence-corrected chi connectivity index (χ1v) is 14.8. The van der Waals surface area contributed by atoms with Gasteiger partial charge in [-0.25, -0.2) is 0 Å². The van der Waals surface area contributed by atoms with Crippen molar-refractivity contribution in [1.29, 1.82) is 0 Å². The van der Waals surface area contributed by atoms with Crippen LogP contribution in [-0.2, 0) is 17.8 Å². The average molecular weight is 584 g/mol. The van der Waals surface area contributed by atoms with Crippen molar-refractivity contribution in [3.05, 3.63) is 105 Å². The van der Waals surface area contributed by atoms with Gasteiger partial charge >= 0.3 is 0 Å². The van der Waals surface area contributed by atoms with Gasteiger partial charge in [0.2, 0.25) is 11.7 Å². The zero-order valence-corrected chi connectivity index (χ0v) is 24.4. The van der Waals surface area contributed by atoms with Gasteiger partial charge in [-0.15, -0.1) is 10.2 Å². The van der Waals surface area contributed by atoms with E-state index in [4.69, 9.17) is 11.6 Å². The normalized spacial score (nSPS) is 14.1. The Hall–Kier alpha value is -4.21. The average Bonchev–Trinajstić information content (AvgIpc) is 3.44. The summed E-state index contributed by atoms with van der Waals surface area (Å²) in [5, 5.41) is 13.2. The second-order valence-electron chi connectivity index (χ2n) is 10.8. The molecule has 1 amide bonds. The van der Waals surface area contributed by atoms with E-state index in [-0.39, 0.29) is 17.9 Å². The van der Waals surface area contributed by atoms with Gasteiger partial charge in [-0.05, 0) is 42.3 Å². The Morgan fingerprint density at radius 1 is 0.952 bits per heavy atom. The third-order valence-corrected chi connectivity index (χ3v) is 8.20. The van der Waals surface area contributed by atoms with Crippen molar-refractivity contribution in [3.8, 4) is 0 Å². The van der Waals surface area contributed by atoms with Gasteiger partial charge in [-0.1, -0.05) is 60.1 Å². The van der Waals surface area contributed by atoms with Gasteiger partial charge in [0.1, 0.15) is 5.82 Å². The van der Waals surface area contributed by atoms with Gasteiger partial charge in [0.15, 0.2) is 0 Å². The number of hydrogen-bond donors (Lipinski definition) is 1. The molecule has 3 heterocycles. The first-order valence-electron chi connectivity index (χ1n) is 14.4. The first-order chi connectivity index (χ1) is 20.5. The number of rotatable bonds is 9. The summed E-state index contributed by atoms with van der Waals surface area (Å²) in [5.41, 5.74) is 4.06. The van der Waals surface area contributed by atoms with E-state index in [1.165, 1.54) is 11.3 Å². The second kappa shape index (κ2) is 12.3. The topological polar surface area (TPSA) is 87.8 Å². The molecule has 0 bridgehead atoms. The standard InChI is InChI=1S/C32H34ClN7O2/c1-23-11-12-25(33)21-28(23)38-19-17-37(18-20-38)16-15-34-30(41)14-13-29-35-36-32-39(22-24-7-3-2-4-8-24)31(42)26-9-5-6-10-27(26)40(29)32/h2-12,21H,13-20,22H2,1H3,(H,34,41). The predicted octanol–water partition coefficient (Wildman–Crippen LogP) is 3.93. The van der Waals surface area contributed by atoms with Crippen LogP contribution in [0.4, 0.5) is 5.69 Å². The summed E-state index contributed by atoms with van der Waals surface area (Å²) in [4.78, 5) is 30.9. The number of anilines is 1. The molecule has 0 spiro atoms. The van der Waals surface area contributed by atoms with Crippen molar-refractivity contribution in [2.45, 2.75) is 26.3 Å². The summed E-state index contributed by atoms with van der Waals surface area (Å²) in [6.07, 6.45) is 0.701. The highest BCUT2D eigenvalue weighted by molar-refractivity contribution is 6.30. The molecule has 0 atom stereocenters. The number of hydrogen-bond acceptors (Lipinski definition) is 6. The molecule has 5 aromatic rings. The van der Waals surface area contributed by atoms with Crippen LogP contribution in [0.5, 0.6) is 0 Å². The van der Waals surface area contributed by atoms with Crippen LogP contribution in [0, 0.1) is 6.92 Å². The molecule has 1 aliphatic heterocycles. The molecule has 6 rings (SSSR count). The molecule has 1 fully saturated rings. The van der Waals surface area contributed by atoms with Crippen molar-refractivity contribution in [2.75, 3.05) is 44.2 Å². The number of carbonyl (C=O) groups is 1. The third-order valence-electron chi connectivity index (χ3n) is 7.97. The molecular weight excluding hydrogens is 550 g/mol. The van der Waals surface area contributed by atoms with E-state index in [0.717, 1.165) is 48.8 Å². The Labute approximate surface area is 249 Å². The molecule has 10 heteroatoms. The van der Waals surface area contributed by atoms with Crippen LogP contribution in [0.3, 0.4) is 0 Å². The fourth-order valence-electron chi connectivity index (χ4n) is 5.69. The molecule has 0 saturated carbocycles. The van der Waals surface area contributed by atoms with Gasteiger partial charge in [-0.2, -0.15) is 0 Å². The highest BCUT2D eigenvalue weighted by Crippen LogP contribution is 2.25. The number of piperazine rings is 1. The van der Waals surface area contributed by atoms with E-state index in [1.54, 1.807) is 4.57 Å². The minimum absolute atomic E-state index is 0.0261. The van der Waals surface area contributed by atoms with Crippen molar-refractivity contribution in [1.82, 2.24) is 29.4 Å². The molecule has 3 aromatic carbocycles. The summed E-state index contributed by atoms with van der Waals surface area (Å²) < 4.78 is 3.57. The van der Waals surface area contributed by atoms with Gasteiger partial charge < -0.3 is 10.2 Å². The number of halogens is 1. The number of benzene rings is 3. The number of amides is 1. The largest absolute Gasteiger partial charge is 0.369 e. The van der Waals surface area contributed by atoms with Crippen molar-refractivity contribution in [2.24, 2.45) is 0 Å². The molecule has 42 heavy (non-hydrogen) atoms. The van der Waals surface area contributed by atoms with Gasteiger partial charge in [0, 0.05) is 62.8 Å². The summed E-state index contributed by atoms with van der Waals surface area (Å²) in [7, 11) is 0. The third kappa shape index (κ3) is 5.89. The van der Waals surface area contributed by atoms with Crippen molar-refractivity contribution < 1.29 is 4.79 Å². The lowest BCUT2D eigenvalue weighted by Crippen LogP contribution is -2.48. The Balaban J connectivity index is 1.07. The van der Waals surface area contributed by atoms with Crippen LogP contribution in [0.25, 0.3) is 16.7 Å². The molecule has 0 unspecified atom stereocenters. The maximum absolute atomic E-state index is 13.4. The van der Waals surface area contributed by atoms with Crippen LogP contribution in [0.1, 0.15) is 23.4 Å². The Kier molecular flexibility index (Phi) is 8.21. The predicted molar refractivity (Wildman–Crippen MR) is 166 cm³/mol. The summed E-state index contributed by atoms with van der Waals surface area (Å²) in [6.45, 7) is 7.63. The Morgan fingerprint density at radius 2 is 1.71 bits per heavy atom. The Bertz CT molecular complexity index is 1780. The number of para-hydroxylation sites is 1. The molecule has 1 aliphatic rings. The van der Waals surface area contributed by atoms with E-state index in [0.29, 0.717) is 36.5 Å².